The van der Waals surface area contributed by atoms with Crippen LogP contribution in [-0.2, 0) is 17.6 Å². The van der Waals surface area contributed by atoms with Gasteiger partial charge in [0.2, 0.25) is 0 Å². The van der Waals surface area contributed by atoms with Crippen LogP contribution in [0, 0.1) is 12.8 Å². The van der Waals surface area contributed by atoms with Crippen molar-refractivity contribution >= 4 is 0 Å². The van der Waals surface area contributed by atoms with Crippen LogP contribution in [0.15, 0.2) is 23.1 Å². The van der Waals surface area contributed by atoms with Crippen LogP contribution in [0.5, 0.6) is 11.5 Å². The van der Waals surface area contributed by atoms with E-state index in [1.165, 1.54) is 16.7 Å². The third kappa shape index (κ3) is 3.22. The molecule has 1 atom stereocenters. The van der Waals surface area contributed by atoms with Gasteiger partial charge in [0.25, 0.3) is 0 Å². The molecule has 0 fully saturated rings. The second-order valence-electron chi connectivity index (χ2n) is 8.14. The molecule has 1 aromatic carbocycles. The van der Waals surface area contributed by atoms with Crippen LogP contribution in [-0.4, -0.2) is 31.5 Å². The molecule has 2 aliphatic rings. The van der Waals surface area contributed by atoms with Crippen molar-refractivity contribution < 1.29 is 14.2 Å². The van der Waals surface area contributed by atoms with Gasteiger partial charge in [-0.15, -0.1) is 0 Å². The van der Waals surface area contributed by atoms with Gasteiger partial charge in [0.05, 0.1) is 18.9 Å². The molecule has 1 aromatic heterocycles. The summed E-state index contributed by atoms with van der Waals surface area (Å²) < 4.78 is 19.4. The number of hydrogen-bond donors (Lipinski definition) is 0. The second-order valence-corrected chi connectivity index (χ2v) is 8.14. The third-order valence-electron chi connectivity index (χ3n) is 5.85. The highest BCUT2D eigenvalue weighted by molar-refractivity contribution is 5.76. The number of methoxy groups -OCH3 is 1. The molecule has 3 heterocycles. The summed E-state index contributed by atoms with van der Waals surface area (Å²) in [6, 6.07) is 4.26. The predicted molar refractivity (Wildman–Crippen MR) is 110 cm³/mol. The Morgan fingerprint density at radius 1 is 1.29 bits per heavy atom. The standard InChI is InChI=1S/C23H29NO4/c1-14(2)18-10-16-11-21(27-8-5-7-26-4)23-17(6-9-28-23)22(16)19-12-20(25)15(3)13-24(18)19/h11-14,18H,5-10H2,1-4H3. The molecular weight excluding hydrogens is 354 g/mol. The van der Waals surface area contributed by atoms with E-state index >= 15 is 0 Å². The number of fused-ring (bicyclic) bond motifs is 5. The molecule has 0 radical (unpaired) electrons. The number of aromatic nitrogens is 1. The van der Waals surface area contributed by atoms with Crippen LogP contribution in [0.1, 0.15) is 43.0 Å². The van der Waals surface area contributed by atoms with E-state index in [4.69, 9.17) is 14.2 Å². The molecule has 0 amide bonds. The topological polar surface area (TPSA) is 49.7 Å². The van der Waals surface area contributed by atoms with Crippen molar-refractivity contribution in [1.82, 2.24) is 4.57 Å². The quantitative estimate of drug-likeness (QED) is 0.710. The monoisotopic (exact) mass is 383 g/mol. The minimum absolute atomic E-state index is 0.0918. The van der Waals surface area contributed by atoms with Crippen molar-refractivity contribution in [3.8, 4) is 22.8 Å². The van der Waals surface area contributed by atoms with Crippen LogP contribution < -0.4 is 14.9 Å². The molecule has 4 rings (SSSR count). The fourth-order valence-corrected chi connectivity index (χ4v) is 4.39. The molecule has 0 bridgehead atoms. The number of ether oxygens (including phenoxy) is 3. The summed E-state index contributed by atoms with van der Waals surface area (Å²) in [6.07, 6.45) is 4.66. The molecule has 1 unspecified atom stereocenters. The Labute approximate surface area is 166 Å². The zero-order chi connectivity index (χ0) is 19.8. The van der Waals surface area contributed by atoms with E-state index in [1.54, 1.807) is 13.2 Å². The first kappa shape index (κ1) is 19.1. The summed E-state index contributed by atoms with van der Waals surface area (Å²) in [5.41, 5.74) is 5.51. The number of pyridine rings is 1. The highest BCUT2D eigenvalue weighted by Gasteiger charge is 2.33. The Morgan fingerprint density at radius 3 is 2.86 bits per heavy atom. The molecule has 0 N–H and O–H groups in total. The second kappa shape index (κ2) is 7.63. The normalized spacial score (nSPS) is 17.1. The Kier molecular flexibility index (Phi) is 5.19. The number of aryl methyl sites for hydroxylation is 1. The van der Waals surface area contributed by atoms with Crippen molar-refractivity contribution in [2.45, 2.75) is 46.1 Å². The number of rotatable bonds is 6. The first-order chi connectivity index (χ1) is 13.5. The van der Waals surface area contributed by atoms with Crippen molar-refractivity contribution in [3.05, 3.63) is 45.2 Å². The van der Waals surface area contributed by atoms with E-state index in [0.717, 1.165) is 42.0 Å². The lowest BCUT2D eigenvalue weighted by molar-refractivity contribution is 0.170. The van der Waals surface area contributed by atoms with Gasteiger partial charge in [-0.25, -0.2) is 0 Å². The molecule has 5 heteroatoms. The minimum Gasteiger partial charge on any atom is -0.490 e. The van der Waals surface area contributed by atoms with Gasteiger partial charge in [-0.1, -0.05) is 13.8 Å². The van der Waals surface area contributed by atoms with Gasteiger partial charge in [0.1, 0.15) is 0 Å². The van der Waals surface area contributed by atoms with Gasteiger partial charge in [-0.05, 0) is 30.9 Å². The van der Waals surface area contributed by atoms with E-state index in [9.17, 15) is 4.79 Å². The average molecular weight is 383 g/mol. The van der Waals surface area contributed by atoms with E-state index in [1.807, 2.05) is 13.1 Å². The number of nitrogens with zero attached hydrogens (tertiary/aromatic N) is 1. The van der Waals surface area contributed by atoms with Crippen molar-refractivity contribution in [2.24, 2.45) is 5.92 Å². The summed E-state index contributed by atoms with van der Waals surface area (Å²) in [4.78, 5) is 12.5. The van der Waals surface area contributed by atoms with Crippen molar-refractivity contribution in [1.29, 1.82) is 0 Å². The lowest BCUT2D eigenvalue weighted by Crippen LogP contribution is -2.27. The molecule has 0 saturated carbocycles. The van der Waals surface area contributed by atoms with E-state index in [0.29, 0.717) is 31.8 Å². The molecule has 2 aliphatic heterocycles. The number of benzene rings is 1. The maximum atomic E-state index is 12.5. The molecule has 150 valence electrons. The lowest BCUT2D eigenvalue weighted by Gasteiger charge is -2.34. The Morgan fingerprint density at radius 2 is 2.11 bits per heavy atom. The zero-order valence-electron chi connectivity index (χ0n) is 17.2. The molecule has 0 aliphatic carbocycles. The van der Waals surface area contributed by atoms with Gasteiger partial charge >= 0.3 is 0 Å². The maximum absolute atomic E-state index is 12.5. The van der Waals surface area contributed by atoms with Crippen LogP contribution in [0.3, 0.4) is 0 Å². The van der Waals surface area contributed by atoms with Crippen LogP contribution in [0.25, 0.3) is 11.3 Å². The predicted octanol–water partition coefficient (Wildman–Crippen LogP) is 3.93. The Hall–Kier alpha value is -2.27. The van der Waals surface area contributed by atoms with Crippen LogP contribution in [0.2, 0.25) is 0 Å². The first-order valence-corrected chi connectivity index (χ1v) is 10.2. The van der Waals surface area contributed by atoms with Gasteiger partial charge in [0, 0.05) is 61.6 Å². The Bertz CT molecular complexity index is 945. The van der Waals surface area contributed by atoms with Gasteiger partial charge in [-0.2, -0.15) is 0 Å². The van der Waals surface area contributed by atoms with E-state index in [-0.39, 0.29) is 5.43 Å². The van der Waals surface area contributed by atoms with E-state index < -0.39 is 0 Å². The summed E-state index contributed by atoms with van der Waals surface area (Å²) in [6.45, 7) is 8.32. The molecule has 0 spiro atoms. The molecule has 5 nitrogen and oxygen atoms in total. The van der Waals surface area contributed by atoms with Crippen molar-refractivity contribution in [3.63, 3.8) is 0 Å². The molecule has 2 aromatic rings. The number of hydrogen-bond acceptors (Lipinski definition) is 4. The smallest absolute Gasteiger partial charge is 0.185 e. The Balaban J connectivity index is 1.84. The molecular formula is C23H29NO4. The SMILES string of the molecule is COCCCOc1cc2c(c3c1OCC3)-c1cc(=O)c(C)cn1C(C(C)C)C2. The van der Waals surface area contributed by atoms with Crippen LogP contribution in [0.4, 0.5) is 0 Å². The summed E-state index contributed by atoms with van der Waals surface area (Å²) in [5.74, 6) is 2.14. The molecule has 0 saturated heterocycles. The van der Waals surface area contributed by atoms with Gasteiger partial charge < -0.3 is 18.8 Å². The largest absolute Gasteiger partial charge is 0.490 e. The average Bonchev–Trinajstić information content (AvgIpc) is 3.15. The van der Waals surface area contributed by atoms with E-state index in [2.05, 4.69) is 24.5 Å². The minimum atomic E-state index is 0.0918. The fraction of sp³-hybridized carbons (Fsp3) is 0.522. The lowest BCUT2D eigenvalue weighted by atomic mass is 9.84. The fourth-order valence-electron chi connectivity index (χ4n) is 4.39. The summed E-state index contributed by atoms with van der Waals surface area (Å²) >= 11 is 0. The van der Waals surface area contributed by atoms with Gasteiger partial charge in [-0.3, -0.25) is 4.79 Å². The highest BCUT2D eigenvalue weighted by atomic mass is 16.5. The van der Waals surface area contributed by atoms with Gasteiger partial charge in [0.15, 0.2) is 16.9 Å². The first-order valence-electron chi connectivity index (χ1n) is 10.2. The summed E-state index contributed by atoms with van der Waals surface area (Å²) in [5, 5.41) is 0. The summed E-state index contributed by atoms with van der Waals surface area (Å²) in [7, 11) is 1.70. The van der Waals surface area contributed by atoms with Crippen molar-refractivity contribution in [2.75, 3.05) is 26.9 Å². The third-order valence-corrected chi connectivity index (χ3v) is 5.85. The zero-order valence-corrected chi connectivity index (χ0v) is 17.2. The maximum Gasteiger partial charge on any atom is 0.185 e. The molecule has 28 heavy (non-hydrogen) atoms. The highest BCUT2D eigenvalue weighted by Crippen LogP contribution is 2.48. The van der Waals surface area contributed by atoms with Crippen LogP contribution >= 0.6 is 0 Å².